The maximum absolute atomic E-state index is 12.1. The average Bonchev–Trinajstić information content (AvgIpc) is 2.80. The molecule has 0 saturated carbocycles. The number of carbonyl (C=O) groups is 4. The van der Waals surface area contributed by atoms with Crippen molar-refractivity contribution in [3.8, 4) is 0 Å². The van der Waals surface area contributed by atoms with Crippen molar-refractivity contribution in [2.24, 2.45) is 5.73 Å². The van der Waals surface area contributed by atoms with Gasteiger partial charge in [-0.3, -0.25) is 14.4 Å². The lowest BCUT2D eigenvalue weighted by molar-refractivity contribution is -0.0588. The van der Waals surface area contributed by atoms with Crippen molar-refractivity contribution < 1.29 is 24.0 Å². The summed E-state index contributed by atoms with van der Waals surface area (Å²) in [5.74, 6) is -3.43. The van der Waals surface area contributed by atoms with Crippen molar-refractivity contribution in [2.75, 3.05) is 0 Å². The van der Waals surface area contributed by atoms with Gasteiger partial charge in [0.2, 0.25) is 5.91 Å². The van der Waals surface area contributed by atoms with Crippen LogP contribution in [0.4, 0.5) is 0 Å². The molecule has 0 aliphatic carbocycles. The van der Waals surface area contributed by atoms with E-state index >= 15 is 0 Å². The van der Waals surface area contributed by atoms with Gasteiger partial charge in [-0.05, 0) is 18.2 Å². The summed E-state index contributed by atoms with van der Waals surface area (Å²) in [4.78, 5) is 55.9. The van der Waals surface area contributed by atoms with E-state index in [4.69, 9.17) is 22.2 Å². The summed E-state index contributed by atoms with van der Waals surface area (Å²) in [6, 6.07) is 7.18. The lowest BCUT2D eigenvalue weighted by Crippen LogP contribution is -2.33. The van der Waals surface area contributed by atoms with Crippen LogP contribution in [-0.4, -0.2) is 33.7 Å². The summed E-state index contributed by atoms with van der Waals surface area (Å²) >= 11 is 5.86. The van der Waals surface area contributed by atoms with Gasteiger partial charge in [0.25, 0.3) is 11.8 Å². The Morgan fingerprint density at radius 2 is 1.71 bits per heavy atom. The number of nitrogens with two attached hydrogens (primary N) is 1. The fourth-order valence-corrected chi connectivity index (χ4v) is 2.34. The van der Waals surface area contributed by atoms with Crippen molar-refractivity contribution in [1.82, 2.24) is 10.0 Å². The zero-order chi connectivity index (χ0) is 17.4. The third kappa shape index (κ3) is 2.48. The Morgan fingerprint density at radius 1 is 1.12 bits per heavy atom. The van der Waals surface area contributed by atoms with Crippen LogP contribution in [0.3, 0.4) is 0 Å². The van der Waals surface area contributed by atoms with Gasteiger partial charge in [0.1, 0.15) is 0 Å². The molecule has 1 aliphatic heterocycles. The van der Waals surface area contributed by atoms with Crippen molar-refractivity contribution in [3.05, 3.63) is 63.9 Å². The first-order valence-electron chi connectivity index (χ1n) is 6.55. The number of aromatic nitrogens is 1. The predicted octanol–water partition coefficient (Wildman–Crippen LogP) is 1.20. The van der Waals surface area contributed by atoms with Gasteiger partial charge < -0.3 is 10.6 Å². The van der Waals surface area contributed by atoms with E-state index in [9.17, 15) is 19.2 Å². The fourth-order valence-electron chi connectivity index (χ4n) is 2.10. The number of pyridine rings is 1. The molecule has 2 aromatic rings. The van der Waals surface area contributed by atoms with Gasteiger partial charge in [-0.2, -0.15) is 0 Å². The first-order chi connectivity index (χ1) is 11.4. The molecule has 2 heterocycles. The topological polar surface area (TPSA) is 120 Å². The van der Waals surface area contributed by atoms with Gasteiger partial charge in [0, 0.05) is 6.20 Å². The number of benzene rings is 1. The number of amides is 3. The highest BCUT2D eigenvalue weighted by atomic mass is 35.5. The molecule has 1 aromatic heterocycles. The van der Waals surface area contributed by atoms with Crippen LogP contribution in [-0.2, 0) is 4.84 Å². The second-order valence-corrected chi connectivity index (χ2v) is 5.15. The molecule has 8 nitrogen and oxygen atoms in total. The number of halogens is 1. The molecule has 0 saturated heterocycles. The standard InChI is InChI=1S/C15H8ClN3O5/c16-10-5-7(12(17)20)6-18-11(10)15(23)24-19-13(21)8-3-1-2-4-9(8)14(19)22/h1-6H,(H2,17,20). The van der Waals surface area contributed by atoms with Crippen LogP contribution in [0, 0.1) is 0 Å². The fraction of sp³-hybridized carbons (Fsp3) is 0. The van der Waals surface area contributed by atoms with Gasteiger partial charge in [-0.1, -0.05) is 28.8 Å². The molecular weight excluding hydrogens is 338 g/mol. The summed E-state index contributed by atoms with van der Waals surface area (Å²) < 4.78 is 0. The number of carbonyl (C=O) groups excluding carboxylic acids is 4. The predicted molar refractivity (Wildman–Crippen MR) is 80.1 cm³/mol. The number of rotatable bonds is 3. The van der Waals surface area contributed by atoms with Gasteiger partial charge in [0.05, 0.1) is 21.7 Å². The molecule has 2 N–H and O–H groups in total. The molecular formula is C15H8ClN3O5. The Kier molecular flexibility index (Phi) is 3.74. The zero-order valence-electron chi connectivity index (χ0n) is 11.9. The van der Waals surface area contributed by atoms with E-state index in [-0.39, 0.29) is 27.4 Å². The number of nitrogens with zero attached hydrogens (tertiary/aromatic N) is 2. The third-order valence-corrected chi connectivity index (χ3v) is 3.54. The summed E-state index contributed by atoms with van der Waals surface area (Å²) in [5, 5.41) is 0.139. The van der Waals surface area contributed by atoms with E-state index in [0.717, 1.165) is 12.3 Å². The van der Waals surface area contributed by atoms with Crippen LogP contribution in [0.15, 0.2) is 36.5 Å². The number of hydrogen-bond donors (Lipinski definition) is 1. The highest BCUT2D eigenvalue weighted by Gasteiger charge is 2.39. The molecule has 0 unspecified atom stereocenters. The molecule has 0 radical (unpaired) electrons. The van der Waals surface area contributed by atoms with E-state index in [2.05, 4.69) is 4.98 Å². The Morgan fingerprint density at radius 3 is 2.21 bits per heavy atom. The second-order valence-electron chi connectivity index (χ2n) is 4.75. The maximum Gasteiger partial charge on any atom is 0.383 e. The second kappa shape index (κ2) is 5.74. The first kappa shape index (κ1) is 15.6. The average molecular weight is 346 g/mol. The molecule has 0 fully saturated rings. The minimum Gasteiger partial charge on any atom is -0.366 e. The van der Waals surface area contributed by atoms with Crippen LogP contribution in [0.1, 0.15) is 41.6 Å². The zero-order valence-corrected chi connectivity index (χ0v) is 12.6. The molecule has 1 aromatic carbocycles. The van der Waals surface area contributed by atoms with Crippen LogP contribution in [0.2, 0.25) is 5.02 Å². The number of hydroxylamine groups is 2. The summed E-state index contributed by atoms with van der Waals surface area (Å²) in [5.41, 5.74) is 4.96. The Hall–Kier alpha value is -3.26. The smallest absolute Gasteiger partial charge is 0.366 e. The van der Waals surface area contributed by atoms with Gasteiger partial charge in [0.15, 0.2) is 5.69 Å². The molecule has 3 amide bonds. The van der Waals surface area contributed by atoms with Gasteiger partial charge in [-0.25, -0.2) is 9.78 Å². The minimum atomic E-state index is -1.12. The Labute approximate surface area is 139 Å². The highest BCUT2D eigenvalue weighted by Crippen LogP contribution is 2.24. The molecule has 120 valence electrons. The van der Waals surface area contributed by atoms with Crippen LogP contribution >= 0.6 is 11.6 Å². The van der Waals surface area contributed by atoms with E-state index in [1.54, 1.807) is 12.1 Å². The third-order valence-electron chi connectivity index (χ3n) is 3.25. The molecule has 3 rings (SSSR count). The Balaban J connectivity index is 1.85. The molecule has 0 spiro atoms. The molecule has 0 bridgehead atoms. The van der Waals surface area contributed by atoms with Crippen molar-refractivity contribution >= 4 is 35.3 Å². The number of primary amides is 1. The molecule has 9 heteroatoms. The number of fused-ring (bicyclic) bond motifs is 1. The van der Waals surface area contributed by atoms with Crippen LogP contribution in [0.5, 0.6) is 0 Å². The summed E-state index contributed by atoms with van der Waals surface area (Å²) in [7, 11) is 0. The molecule has 0 atom stereocenters. The van der Waals surface area contributed by atoms with Gasteiger partial charge in [-0.15, -0.1) is 0 Å². The van der Waals surface area contributed by atoms with Crippen LogP contribution in [0.25, 0.3) is 0 Å². The lowest BCUT2D eigenvalue weighted by atomic mass is 10.1. The maximum atomic E-state index is 12.1. The highest BCUT2D eigenvalue weighted by molar-refractivity contribution is 6.33. The number of imide groups is 1. The SMILES string of the molecule is NC(=O)c1cnc(C(=O)ON2C(=O)c3ccccc3C2=O)c(Cl)c1. The van der Waals surface area contributed by atoms with E-state index < -0.39 is 23.7 Å². The van der Waals surface area contributed by atoms with Crippen molar-refractivity contribution in [2.45, 2.75) is 0 Å². The number of hydrogen-bond acceptors (Lipinski definition) is 6. The van der Waals surface area contributed by atoms with E-state index in [1.807, 2.05) is 0 Å². The van der Waals surface area contributed by atoms with E-state index in [1.165, 1.54) is 12.1 Å². The first-order valence-corrected chi connectivity index (χ1v) is 6.93. The molecule has 24 heavy (non-hydrogen) atoms. The Bertz CT molecular complexity index is 877. The van der Waals surface area contributed by atoms with Crippen molar-refractivity contribution in [1.29, 1.82) is 0 Å². The minimum absolute atomic E-state index is 0.00252. The summed E-state index contributed by atoms with van der Waals surface area (Å²) in [6.45, 7) is 0. The molecule has 1 aliphatic rings. The normalized spacial score (nSPS) is 13.0. The summed E-state index contributed by atoms with van der Waals surface area (Å²) in [6.07, 6.45) is 1.03. The quantitative estimate of drug-likeness (QED) is 0.835. The van der Waals surface area contributed by atoms with Gasteiger partial charge >= 0.3 is 5.97 Å². The lowest BCUT2D eigenvalue weighted by Gasteiger charge is -2.12. The van der Waals surface area contributed by atoms with Crippen LogP contribution < -0.4 is 5.73 Å². The van der Waals surface area contributed by atoms with E-state index in [0.29, 0.717) is 5.06 Å². The van der Waals surface area contributed by atoms with Crippen molar-refractivity contribution in [3.63, 3.8) is 0 Å². The monoisotopic (exact) mass is 345 g/mol. The largest absolute Gasteiger partial charge is 0.383 e.